The monoisotopic (exact) mass is 294 g/mol. The second-order valence-corrected chi connectivity index (χ2v) is 8.17. The van der Waals surface area contributed by atoms with Gasteiger partial charge in [-0.3, -0.25) is 0 Å². The largest absolute Gasteiger partial charge is 0.315 e. The van der Waals surface area contributed by atoms with Crippen LogP contribution in [-0.4, -0.2) is 37.6 Å². The first-order chi connectivity index (χ1) is 10.0. The van der Waals surface area contributed by atoms with Crippen LogP contribution in [0.25, 0.3) is 0 Å². The highest BCUT2D eigenvalue weighted by molar-refractivity contribution is 5.04. The molecular weight excluding hydrogens is 256 g/mol. The highest BCUT2D eigenvalue weighted by atomic mass is 15.2. The zero-order chi connectivity index (χ0) is 15.5. The Kier molecular flexibility index (Phi) is 6.14. The van der Waals surface area contributed by atoms with E-state index in [0.717, 1.165) is 17.8 Å². The van der Waals surface area contributed by atoms with E-state index < -0.39 is 0 Å². The number of likely N-dealkylation sites (N-methyl/N-ethyl adjacent to an activating group) is 2. The molecule has 2 heteroatoms. The normalized spacial score (nSPS) is 39.4. The number of nitrogens with zero attached hydrogens (tertiary/aromatic N) is 1. The summed E-state index contributed by atoms with van der Waals surface area (Å²) in [6.07, 6.45) is 12.8. The third-order valence-corrected chi connectivity index (χ3v) is 6.66. The summed E-state index contributed by atoms with van der Waals surface area (Å²) in [6.45, 7) is 4.84. The maximum Gasteiger partial charge on any atom is 0.0361 e. The minimum atomic E-state index is 0.382. The van der Waals surface area contributed by atoms with Crippen LogP contribution < -0.4 is 5.32 Å². The highest BCUT2D eigenvalue weighted by Crippen LogP contribution is 2.44. The lowest BCUT2D eigenvalue weighted by Gasteiger charge is -2.53. The van der Waals surface area contributed by atoms with Gasteiger partial charge in [-0.05, 0) is 64.6 Å². The molecule has 0 heterocycles. The molecule has 124 valence electrons. The van der Waals surface area contributed by atoms with E-state index in [2.05, 4.69) is 45.2 Å². The van der Waals surface area contributed by atoms with Crippen LogP contribution in [0.15, 0.2) is 0 Å². The van der Waals surface area contributed by atoms with Gasteiger partial charge in [-0.15, -0.1) is 0 Å². The Bertz CT molecular complexity index is 315. The zero-order valence-corrected chi connectivity index (χ0v) is 15.1. The van der Waals surface area contributed by atoms with Gasteiger partial charge in [0.1, 0.15) is 0 Å². The van der Waals surface area contributed by atoms with E-state index in [9.17, 15) is 0 Å². The number of rotatable bonds is 5. The molecule has 2 aliphatic carbocycles. The van der Waals surface area contributed by atoms with Crippen molar-refractivity contribution in [2.45, 2.75) is 83.2 Å². The fourth-order valence-electron chi connectivity index (χ4n) is 5.48. The van der Waals surface area contributed by atoms with Crippen molar-refractivity contribution in [3.8, 4) is 0 Å². The van der Waals surface area contributed by atoms with Gasteiger partial charge in [-0.2, -0.15) is 0 Å². The molecular formula is C19H38N2. The second kappa shape index (κ2) is 7.46. The lowest BCUT2D eigenvalue weighted by atomic mass is 9.64. The van der Waals surface area contributed by atoms with Crippen LogP contribution in [0.3, 0.4) is 0 Å². The molecule has 2 aliphatic rings. The molecule has 2 nitrogen and oxygen atoms in total. The Morgan fingerprint density at radius 2 is 1.95 bits per heavy atom. The summed E-state index contributed by atoms with van der Waals surface area (Å²) in [4.78, 5) is 2.57. The molecule has 2 fully saturated rings. The Morgan fingerprint density at radius 1 is 1.19 bits per heavy atom. The van der Waals surface area contributed by atoms with E-state index in [0.29, 0.717) is 11.6 Å². The molecule has 2 saturated carbocycles. The maximum atomic E-state index is 3.79. The highest BCUT2D eigenvalue weighted by Gasteiger charge is 2.46. The minimum Gasteiger partial charge on any atom is -0.315 e. The predicted molar refractivity (Wildman–Crippen MR) is 92.6 cm³/mol. The van der Waals surface area contributed by atoms with Crippen molar-refractivity contribution < 1.29 is 0 Å². The molecule has 21 heavy (non-hydrogen) atoms. The van der Waals surface area contributed by atoms with E-state index >= 15 is 0 Å². The fourth-order valence-corrected chi connectivity index (χ4v) is 5.48. The minimum absolute atomic E-state index is 0.382. The fraction of sp³-hybridized carbons (Fsp3) is 1.00. The topological polar surface area (TPSA) is 15.3 Å². The van der Waals surface area contributed by atoms with Gasteiger partial charge in [0.2, 0.25) is 0 Å². The molecule has 5 atom stereocenters. The summed E-state index contributed by atoms with van der Waals surface area (Å²) in [5.41, 5.74) is 0.382. The molecule has 0 amide bonds. The van der Waals surface area contributed by atoms with Crippen molar-refractivity contribution in [2.75, 3.05) is 21.1 Å². The molecule has 0 radical (unpaired) electrons. The standard InChI is InChI=1S/C19H38N2/c1-6-16-10-7-11-17(13-16)18(20-3)19(21(4)5)12-8-9-15(2)14-19/h15-18,20H,6-14H2,1-5H3. The summed E-state index contributed by atoms with van der Waals surface area (Å²) in [7, 11) is 6.86. The van der Waals surface area contributed by atoms with E-state index in [1.807, 2.05) is 0 Å². The van der Waals surface area contributed by atoms with E-state index in [1.165, 1.54) is 57.8 Å². The number of nitrogens with one attached hydrogen (secondary N) is 1. The molecule has 0 aliphatic heterocycles. The van der Waals surface area contributed by atoms with Gasteiger partial charge >= 0.3 is 0 Å². The quantitative estimate of drug-likeness (QED) is 0.813. The van der Waals surface area contributed by atoms with Crippen molar-refractivity contribution in [2.24, 2.45) is 17.8 Å². The first-order valence-electron chi connectivity index (χ1n) is 9.38. The van der Waals surface area contributed by atoms with Crippen LogP contribution in [0.4, 0.5) is 0 Å². The lowest BCUT2D eigenvalue weighted by Crippen LogP contribution is -2.63. The molecule has 5 unspecified atom stereocenters. The number of hydrogen-bond acceptors (Lipinski definition) is 2. The first kappa shape index (κ1) is 17.3. The molecule has 0 bridgehead atoms. The van der Waals surface area contributed by atoms with Crippen molar-refractivity contribution in [3.05, 3.63) is 0 Å². The third-order valence-electron chi connectivity index (χ3n) is 6.66. The first-order valence-corrected chi connectivity index (χ1v) is 9.38. The Hall–Kier alpha value is -0.0800. The van der Waals surface area contributed by atoms with Crippen LogP contribution >= 0.6 is 0 Å². The molecule has 1 N–H and O–H groups in total. The molecule has 0 aromatic carbocycles. The van der Waals surface area contributed by atoms with E-state index in [-0.39, 0.29) is 0 Å². The van der Waals surface area contributed by atoms with Gasteiger partial charge in [0, 0.05) is 11.6 Å². The Morgan fingerprint density at radius 3 is 2.52 bits per heavy atom. The van der Waals surface area contributed by atoms with Gasteiger partial charge in [0.25, 0.3) is 0 Å². The van der Waals surface area contributed by atoms with Crippen LogP contribution in [0.1, 0.15) is 71.6 Å². The van der Waals surface area contributed by atoms with Gasteiger partial charge in [0.15, 0.2) is 0 Å². The third kappa shape index (κ3) is 3.64. The van der Waals surface area contributed by atoms with Gasteiger partial charge in [0.05, 0.1) is 0 Å². The SMILES string of the molecule is CCC1CCCC(C(NC)C2(N(C)C)CCCC(C)C2)C1. The van der Waals surface area contributed by atoms with E-state index in [1.54, 1.807) is 0 Å². The second-order valence-electron chi connectivity index (χ2n) is 8.17. The predicted octanol–water partition coefficient (Wildman–Crippen LogP) is 4.30. The molecule has 0 spiro atoms. The van der Waals surface area contributed by atoms with Crippen LogP contribution in [0.2, 0.25) is 0 Å². The van der Waals surface area contributed by atoms with Crippen molar-refractivity contribution in [1.82, 2.24) is 10.2 Å². The van der Waals surface area contributed by atoms with Crippen LogP contribution in [0.5, 0.6) is 0 Å². The molecule has 2 rings (SSSR count). The summed E-state index contributed by atoms with van der Waals surface area (Å²) >= 11 is 0. The Balaban J connectivity index is 2.19. The van der Waals surface area contributed by atoms with Crippen LogP contribution in [0, 0.1) is 17.8 Å². The zero-order valence-electron chi connectivity index (χ0n) is 15.1. The van der Waals surface area contributed by atoms with Crippen LogP contribution in [-0.2, 0) is 0 Å². The molecule has 0 aromatic heterocycles. The summed E-state index contributed by atoms with van der Waals surface area (Å²) < 4.78 is 0. The lowest BCUT2D eigenvalue weighted by molar-refractivity contribution is 0.00607. The van der Waals surface area contributed by atoms with Crippen molar-refractivity contribution >= 4 is 0 Å². The van der Waals surface area contributed by atoms with Gasteiger partial charge in [-0.1, -0.05) is 46.0 Å². The molecule has 0 saturated heterocycles. The smallest absolute Gasteiger partial charge is 0.0361 e. The maximum absolute atomic E-state index is 3.79. The molecule has 0 aromatic rings. The summed E-state index contributed by atoms with van der Waals surface area (Å²) in [6, 6.07) is 0.671. The Labute approximate surface area is 133 Å². The van der Waals surface area contributed by atoms with Gasteiger partial charge in [-0.25, -0.2) is 0 Å². The number of hydrogen-bond donors (Lipinski definition) is 1. The average Bonchev–Trinajstić information content (AvgIpc) is 2.48. The summed E-state index contributed by atoms with van der Waals surface area (Å²) in [5, 5.41) is 3.79. The van der Waals surface area contributed by atoms with Gasteiger partial charge < -0.3 is 10.2 Å². The summed E-state index contributed by atoms with van der Waals surface area (Å²) in [5.74, 6) is 2.73. The van der Waals surface area contributed by atoms with Crippen molar-refractivity contribution in [1.29, 1.82) is 0 Å². The van der Waals surface area contributed by atoms with E-state index in [4.69, 9.17) is 0 Å². The average molecular weight is 295 g/mol. The van der Waals surface area contributed by atoms with Crippen molar-refractivity contribution in [3.63, 3.8) is 0 Å².